The van der Waals surface area contributed by atoms with Gasteiger partial charge in [0.15, 0.2) is 0 Å². The second-order valence-corrected chi connectivity index (χ2v) is 11.3. The number of benzene rings is 2. The van der Waals surface area contributed by atoms with E-state index in [-0.39, 0.29) is 0 Å². The van der Waals surface area contributed by atoms with Crippen LogP contribution in [0.3, 0.4) is 0 Å². The average molecular weight is 464 g/mol. The molecule has 0 atom stereocenters. The van der Waals surface area contributed by atoms with E-state index in [1.165, 1.54) is 6.07 Å². The molecular formula is C26H31B2FO5. The van der Waals surface area contributed by atoms with Crippen LogP contribution in [0, 0.1) is 5.82 Å². The molecule has 5 nitrogen and oxygen atoms in total. The Morgan fingerprint density at radius 2 is 1.21 bits per heavy atom. The minimum Gasteiger partial charge on any atom is -0.456 e. The zero-order chi connectivity index (χ0) is 24.7. The number of halogens is 1. The molecule has 0 saturated carbocycles. The van der Waals surface area contributed by atoms with Crippen molar-refractivity contribution in [2.75, 3.05) is 0 Å². The van der Waals surface area contributed by atoms with Crippen LogP contribution >= 0.6 is 0 Å². The second-order valence-electron chi connectivity index (χ2n) is 11.3. The van der Waals surface area contributed by atoms with Crippen molar-refractivity contribution in [1.29, 1.82) is 0 Å². The minimum atomic E-state index is -0.753. The standard InChI is InChI=1S/C26H31B2FO5/c1-23(2)24(3,4)32-27(31-23)18-10-12-21-17(13-18)15-22(30-21)16-9-11-19(20(29)14-16)28-33-25(5,6)26(7,8)34-28/h9-15H,1-8H3. The van der Waals surface area contributed by atoms with Crippen molar-refractivity contribution in [3.05, 3.63) is 48.3 Å². The molecule has 5 rings (SSSR count). The van der Waals surface area contributed by atoms with Gasteiger partial charge in [-0.25, -0.2) is 4.39 Å². The lowest BCUT2D eigenvalue weighted by atomic mass is 9.78. The maximum absolute atomic E-state index is 15.1. The molecule has 1 aromatic heterocycles. The van der Waals surface area contributed by atoms with Gasteiger partial charge in [0.25, 0.3) is 0 Å². The Morgan fingerprint density at radius 3 is 1.76 bits per heavy atom. The minimum absolute atomic E-state index is 0.376. The Balaban J connectivity index is 1.42. The Kier molecular flexibility index (Phi) is 5.17. The summed E-state index contributed by atoms with van der Waals surface area (Å²) in [7, 11) is -1.21. The molecule has 0 radical (unpaired) electrons. The van der Waals surface area contributed by atoms with Gasteiger partial charge >= 0.3 is 14.2 Å². The molecule has 178 valence electrons. The molecule has 0 amide bonds. The molecule has 3 heterocycles. The molecule has 0 spiro atoms. The van der Waals surface area contributed by atoms with Gasteiger partial charge in [-0.1, -0.05) is 24.3 Å². The molecule has 0 N–H and O–H groups in total. The summed E-state index contributed by atoms with van der Waals surface area (Å²) < 4.78 is 45.5. The van der Waals surface area contributed by atoms with Crippen molar-refractivity contribution in [3.63, 3.8) is 0 Å². The molecule has 0 bridgehead atoms. The molecular weight excluding hydrogens is 433 g/mol. The molecule has 2 aliphatic rings. The molecule has 34 heavy (non-hydrogen) atoms. The van der Waals surface area contributed by atoms with Crippen LogP contribution in [0.1, 0.15) is 55.4 Å². The van der Waals surface area contributed by atoms with Gasteiger partial charge in [0.1, 0.15) is 17.2 Å². The van der Waals surface area contributed by atoms with Crippen LogP contribution in [0.2, 0.25) is 0 Å². The molecule has 2 aromatic carbocycles. The van der Waals surface area contributed by atoms with Crippen molar-refractivity contribution in [2.24, 2.45) is 0 Å². The van der Waals surface area contributed by atoms with Crippen molar-refractivity contribution in [3.8, 4) is 11.3 Å². The summed E-state index contributed by atoms with van der Waals surface area (Å²) in [5.41, 5.74) is 0.765. The summed E-state index contributed by atoms with van der Waals surface area (Å²) in [6.07, 6.45) is 0. The van der Waals surface area contributed by atoms with Crippen LogP contribution in [-0.2, 0) is 18.6 Å². The normalized spacial score (nSPS) is 22.6. The van der Waals surface area contributed by atoms with Crippen LogP contribution in [0.4, 0.5) is 4.39 Å². The fourth-order valence-corrected chi connectivity index (χ4v) is 4.17. The van der Waals surface area contributed by atoms with Gasteiger partial charge in [0.2, 0.25) is 0 Å². The van der Waals surface area contributed by atoms with Crippen LogP contribution in [0.5, 0.6) is 0 Å². The lowest BCUT2D eigenvalue weighted by molar-refractivity contribution is 0.00578. The van der Waals surface area contributed by atoms with Crippen molar-refractivity contribution in [1.82, 2.24) is 0 Å². The quantitative estimate of drug-likeness (QED) is 0.520. The van der Waals surface area contributed by atoms with E-state index in [1.54, 1.807) is 6.07 Å². The predicted octanol–water partition coefficient (Wildman–Crippen LogP) is 4.84. The number of hydrogen-bond acceptors (Lipinski definition) is 5. The molecule has 8 heteroatoms. The first kappa shape index (κ1) is 23.6. The second kappa shape index (κ2) is 7.44. The van der Waals surface area contributed by atoms with E-state index in [0.717, 1.165) is 10.8 Å². The maximum atomic E-state index is 15.1. The fourth-order valence-electron chi connectivity index (χ4n) is 4.17. The van der Waals surface area contributed by atoms with Crippen molar-refractivity contribution in [2.45, 2.75) is 77.8 Å². The number of rotatable bonds is 3. The van der Waals surface area contributed by atoms with Gasteiger partial charge in [0.05, 0.1) is 22.4 Å². The van der Waals surface area contributed by atoms with E-state index in [1.807, 2.05) is 85.7 Å². The SMILES string of the molecule is CC1(C)OB(c2ccc3oc(-c4ccc(B5OC(C)(C)C(C)(C)O5)c(F)c4)cc3c2)OC1(C)C. The van der Waals surface area contributed by atoms with Crippen molar-refractivity contribution < 1.29 is 27.4 Å². The molecule has 2 aliphatic heterocycles. The van der Waals surface area contributed by atoms with E-state index in [0.29, 0.717) is 22.4 Å². The zero-order valence-electron chi connectivity index (χ0n) is 21.1. The summed E-state index contributed by atoms with van der Waals surface area (Å²) >= 11 is 0. The highest BCUT2D eigenvalue weighted by atomic mass is 19.1. The van der Waals surface area contributed by atoms with E-state index >= 15 is 4.39 Å². The molecule has 2 fully saturated rings. The lowest BCUT2D eigenvalue weighted by Gasteiger charge is -2.32. The Morgan fingerprint density at radius 1 is 0.647 bits per heavy atom. The molecule has 3 aromatic rings. The Hall–Kier alpha value is -2.12. The summed E-state index contributed by atoms with van der Waals surface area (Å²) in [6, 6.07) is 12.8. The van der Waals surface area contributed by atoms with Crippen LogP contribution in [0.25, 0.3) is 22.3 Å². The predicted molar refractivity (Wildman–Crippen MR) is 133 cm³/mol. The number of furan rings is 1. The first-order chi connectivity index (χ1) is 15.7. The highest BCUT2D eigenvalue weighted by molar-refractivity contribution is 6.62. The van der Waals surface area contributed by atoms with Crippen molar-refractivity contribution >= 4 is 36.1 Å². The third kappa shape index (κ3) is 3.72. The van der Waals surface area contributed by atoms with Gasteiger partial charge in [-0.05, 0) is 79.1 Å². The number of hydrogen-bond donors (Lipinski definition) is 0. The van der Waals surface area contributed by atoms with Gasteiger partial charge < -0.3 is 23.0 Å². The Bertz CT molecular complexity index is 1230. The monoisotopic (exact) mass is 464 g/mol. The maximum Gasteiger partial charge on any atom is 0.497 e. The van der Waals surface area contributed by atoms with E-state index in [9.17, 15) is 0 Å². The van der Waals surface area contributed by atoms with Gasteiger partial charge in [-0.15, -0.1) is 0 Å². The third-order valence-corrected chi connectivity index (χ3v) is 7.86. The smallest absolute Gasteiger partial charge is 0.456 e. The summed E-state index contributed by atoms with van der Waals surface area (Å²) in [5.74, 6) is 0.190. The highest BCUT2D eigenvalue weighted by Gasteiger charge is 2.53. The molecule has 0 aliphatic carbocycles. The topological polar surface area (TPSA) is 50.1 Å². The van der Waals surface area contributed by atoms with Crippen LogP contribution in [0.15, 0.2) is 46.9 Å². The van der Waals surface area contributed by atoms with Crippen LogP contribution in [-0.4, -0.2) is 36.6 Å². The van der Waals surface area contributed by atoms with Gasteiger partial charge in [0, 0.05) is 16.4 Å². The summed E-state index contributed by atoms with van der Waals surface area (Å²) in [5, 5.41) is 0.901. The third-order valence-electron chi connectivity index (χ3n) is 7.86. The average Bonchev–Trinajstić information content (AvgIpc) is 3.30. The zero-order valence-corrected chi connectivity index (χ0v) is 21.1. The van der Waals surface area contributed by atoms with E-state index < -0.39 is 42.5 Å². The summed E-state index contributed by atoms with van der Waals surface area (Å²) in [4.78, 5) is 0. The lowest BCUT2D eigenvalue weighted by Crippen LogP contribution is -2.41. The van der Waals surface area contributed by atoms with Gasteiger partial charge in [-0.2, -0.15) is 0 Å². The Labute approximate surface area is 201 Å². The fraction of sp³-hybridized carbons (Fsp3) is 0.462. The first-order valence-electron chi connectivity index (χ1n) is 11.7. The number of fused-ring (bicyclic) bond motifs is 1. The van der Waals surface area contributed by atoms with E-state index in [2.05, 4.69) is 0 Å². The highest BCUT2D eigenvalue weighted by Crippen LogP contribution is 2.38. The molecule has 2 saturated heterocycles. The van der Waals surface area contributed by atoms with Gasteiger partial charge in [-0.3, -0.25) is 0 Å². The summed E-state index contributed by atoms with van der Waals surface area (Å²) in [6.45, 7) is 15.9. The molecule has 0 unspecified atom stereocenters. The first-order valence-corrected chi connectivity index (χ1v) is 11.7. The van der Waals surface area contributed by atoms with E-state index in [4.69, 9.17) is 23.0 Å². The van der Waals surface area contributed by atoms with Crippen LogP contribution < -0.4 is 10.9 Å². The largest absolute Gasteiger partial charge is 0.497 e.